The van der Waals surface area contributed by atoms with Gasteiger partial charge in [-0.2, -0.15) is 5.10 Å². The van der Waals surface area contributed by atoms with Crippen LogP contribution in [-0.4, -0.2) is 38.4 Å². The molecule has 0 aliphatic carbocycles. The van der Waals surface area contributed by atoms with Crippen LogP contribution in [-0.2, 0) is 14.8 Å². The lowest BCUT2D eigenvalue weighted by molar-refractivity contribution is 0.153. The quantitative estimate of drug-likeness (QED) is 0.679. The average molecular weight is 233 g/mol. The maximum atomic E-state index is 11.7. The van der Waals surface area contributed by atoms with Crippen molar-refractivity contribution in [3.8, 4) is 0 Å². The van der Waals surface area contributed by atoms with Gasteiger partial charge in [0.05, 0.1) is 18.5 Å². The summed E-state index contributed by atoms with van der Waals surface area (Å²) in [5.41, 5.74) is 0.527. The second kappa shape index (κ2) is 5.24. The number of nitrogens with zero attached hydrogens (tertiary/aromatic N) is 1. The number of rotatable bonds is 6. The van der Waals surface area contributed by atoms with E-state index in [1.165, 1.54) is 6.20 Å². The first-order chi connectivity index (χ1) is 7.08. The van der Waals surface area contributed by atoms with Crippen LogP contribution in [0, 0.1) is 6.92 Å². The number of hydrogen-bond acceptors (Lipinski definition) is 4. The average Bonchev–Trinajstić information content (AvgIpc) is 2.60. The Morgan fingerprint density at radius 2 is 2.33 bits per heavy atom. The molecule has 86 valence electrons. The summed E-state index contributed by atoms with van der Waals surface area (Å²) >= 11 is 0. The van der Waals surface area contributed by atoms with Crippen LogP contribution in [0.25, 0.3) is 0 Å². The van der Waals surface area contributed by atoms with E-state index < -0.39 is 10.0 Å². The van der Waals surface area contributed by atoms with E-state index in [-0.39, 0.29) is 11.4 Å². The SMILES string of the molecule is CCOCCNS(=O)(=O)c1cn[nH]c1C. The summed E-state index contributed by atoms with van der Waals surface area (Å²) in [6.45, 7) is 4.72. The number of aromatic amines is 1. The van der Waals surface area contributed by atoms with Gasteiger partial charge in [0.1, 0.15) is 4.90 Å². The van der Waals surface area contributed by atoms with E-state index in [9.17, 15) is 8.42 Å². The third kappa shape index (κ3) is 3.29. The van der Waals surface area contributed by atoms with Crippen LogP contribution in [0.1, 0.15) is 12.6 Å². The number of ether oxygens (including phenoxy) is 1. The van der Waals surface area contributed by atoms with Crippen molar-refractivity contribution < 1.29 is 13.2 Å². The molecule has 0 amide bonds. The van der Waals surface area contributed by atoms with Crippen molar-refractivity contribution in [3.05, 3.63) is 11.9 Å². The molecule has 0 aliphatic rings. The number of hydrogen-bond donors (Lipinski definition) is 2. The summed E-state index contributed by atoms with van der Waals surface area (Å²) in [7, 11) is -3.45. The molecule has 0 unspecified atom stereocenters. The van der Waals surface area contributed by atoms with E-state index in [1.54, 1.807) is 6.92 Å². The monoisotopic (exact) mass is 233 g/mol. The van der Waals surface area contributed by atoms with Gasteiger partial charge in [0.25, 0.3) is 0 Å². The fourth-order valence-electron chi connectivity index (χ4n) is 1.08. The first-order valence-corrected chi connectivity index (χ1v) is 6.13. The summed E-state index contributed by atoms with van der Waals surface area (Å²) in [5.74, 6) is 0. The van der Waals surface area contributed by atoms with Gasteiger partial charge in [-0.05, 0) is 13.8 Å². The molecule has 0 bridgehead atoms. The Morgan fingerprint density at radius 3 is 2.87 bits per heavy atom. The minimum atomic E-state index is -3.45. The smallest absolute Gasteiger partial charge is 0.244 e. The molecule has 1 rings (SSSR count). The summed E-state index contributed by atoms with van der Waals surface area (Å²) in [6, 6.07) is 0. The van der Waals surface area contributed by atoms with Gasteiger partial charge >= 0.3 is 0 Å². The molecule has 0 fully saturated rings. The second-order valence-corrected chi connectivity index (χ2v) is 4.69. The molecule has 6 nitrogen and oxygen atoms in total. The minimum Gasteiger partial charge on any atom is -0.380 e. The van der Waals surface area contributed by atoms with E-state index in [2.05, 4.69) is 14.9 Å². The zero-order valence-electron chi connectivity index (χ0n) is 8.78. The van der Waals surface area contributed by atoms with Crippen LogP contribution in [0.2, 0.25) is 0 Å². The third-order valence-corrected chi connectivity index (χ3v) is 3.39. The highest BCUT2D eigenvalue weighted by Gasteiger charge is 2.17. The predicted octanol–water partition coefficient (Wildman–Crippen LogP) is 0.0329. The van der Waals surface area contributed by atoms with Crippen LogP contribution in [0.4, 0.5) is 0 Å². The molecule has 0 aliphatic heterocycles. The van der Waals surface area contributed by atoms with E-state index >= 15 is 0 Å². The van der Waals surface area contributed by atoms with Gasteiger partial charge < -0.3 is 4.74 Å². The molecule has 1 aromatic rings. The van der Waals surface area contributed by atoms with Crippen LogP contribution in [0.5, 0.6) is 0 Å². The third-order valence-electron chi connectivity index (χ3n) is 1.82. The molecular formula is C8H15N3O3S. The summed E-state index contributed by atoms with van der Waals surface area (Å²) in [5, 5.41) is 6.23. The Balaban J connectivity index is 2.57. The fourth-order valence-corrected chi connectivity index (χ4v) is 2.23. The Hall–Kier alpha value is -0.920. The zero-order valence-corrected chi connectivity index (χ0v) is 9.60. The lowest BCUT2D eigenvalue weighted by Crippen LogP contribution is -2.27. The Kier molecular flexibility index (Phi) is 4.25. The van der Waals surface area contributed by atoms with Crippen molar-refractivity contribution in [1.82, 2.24) is 14.9 Å². The van der Waals surface area contributed by atoms with Gasteiger partial charge in [0.15, 0.2) is 0 Å². The summed E-state index contributed by atoms with van der Waals surface area (Å²) < 4.78 is 30.8. The highest BCUT2D eigenvalue weighted by molar-refractivity contribution is 7.89. The van der Waals surface area contributed by atoms with Gasteiger partial charge in [-0.25, -0.2) is 13.1 Å². The van der Waals surface area contributed by atoms with Crippen LogP contribution in [0.15, 0.2) is 11.1 Å². The lowest BCUT2D eigenvalue weighted by atomic mass is 10.5. The Bertz CT molecular complexity index is 399. The van der Waals surface area contributed by atoms with Gasteiger partial charge in [-0.3, -0.25) is 5.10 Å². The van der Waals surface area contributed by atoms with Gasteiger partial charge in [0.2, 0.25) is 10.0 Å². The normalized spacial score (nSPS) is 11.9. The molecule has 0 saturated heterocycles. The maximum absolute atomic E-state index is 11.7. The molecule has 0 aromatic carbocycles. The van der Waals surface area contributed by atoms with E-state index in [4.69, 9.17) is 4.74 Å². The molecule has 2 N–H and O–H groups in total. The van der Waals surface area contributed by atoms with Crippen molar-refractivity contribution in [1.29, 1.82) is 0 Å². The van der Waals surface area contributed by atoms with E-state index in [0.29, 0.717) is 18.9 Å². The number of nitrogens with one attached hydrogen (secondary N) is 2. The van der Waals surface area contributed by atoms with Crippen molar-refractivity contribution >= 4 is 10.0 Å². The summed E-state index contributed by atoms with van der Waals surface area (Å²) in [4.78, 5) is 0.180. The molecule has 1 aromatic heterocycles. The van der Waals surface area contributed by atoms with Gasteiger partial charge in [-0.1, -0.05) is 0 Å². The number of sulfonamides is 1. The topological polar surface area (TPSA) is 84.1 Å². The minimum absolute atomic E-state index is 0.180. The Labute approximate surface area is 89.1 Å². The number of aromatic nitrogens is 2. The Morgan fingerprint density at radius 1 is 1.60 bits per heavy atom. The molecule has 7 heteroatoms. The fraction of sp³-hybridized carbons (Fsp3) is 0.625. The highest BCUT2D eigenvalue weighted by atomic mass is 32.2. The van der Waals surface area contributed by atoms with Crippen LogP contribution >= 0.6 is 0 Å². The number of aryl methyl sites for hydroxylation is 1. The standard InChI is InChI=1S/C8H15N3O3S/c1-3-14-5-4-10-15(12,13)8-6-9-11-7(8)2/h6,10H,3-5H2,1-2H3,(H,9,11). The zero-order chi connectivity index (χ0) is 11.3. The van der Waals surface area contributed by atoms with Crippen molar-refractivity contribution in [2.45, 2.75) is 18.7 Å². The first kappa shape index (κ1) is 12.2. The lowest BCUT2D eigenvalue weighted by Gasteiger charge is -2.05. The molecular weight excluding hydrogens is 218 g/mol. The first-order valence-electron chi connectivity index (χ1n) is 4.65. The van der Waals surface area contributed by atoms with Crippen molar-refractivity contribution in [2.75, 3.05) is 19.8 Å². The second-order valence-electron chi connectivity index (χ2n) is 2.95. The van der Waals surface area contributed by atoms with Crippen molar-refractivity contribution in [2.24, 2.45) is 0 Å². The van der Waals surface area contributed by atoms with Crippen LogP contribution in [0.3, 0.4) is 0 Å². The highest BCUT2D eigenvalue weighted by Crippen LogP contribution is 2.09. The van der Waals surface area contributed by atoms with E-state index in [0.717, 1.165) is 0 Å². The number of H-pyrrole nitrogens is 1. The van der Waals surface area contributed by atoms with Crippen LogP contribution < -0.4 is 4.72 Å². The van der Waals surface area contributed by atoms with Crippen molar-refractivity contribution in [3.63, 3.8) is 0 Å². The molecule has 1 heterocycles. The largest absolute Gasteiger partial charge is 0.380 e. The molecule has 0 spiro atoms. The van der Waals surface area contributed by atoms with Gasteiger partial charge in [-0.15, -0.1) is 0 Å². The van der Waals surface area contributed by atoms with E-state index in [1.807, 2.05) is 6.92 Å². The molecule has 0 radical (unpaired) electrons. The molecule has 0 atom stereocenters. The maximum Gasteiger partial charge on any atom is 0.244 e. The van der Waals surface area contributed by atoms with Gasteiger partial charge in [0, 0.05) is 13.2 Å². The predicted molar refractivity (Wildman–Crippen MR) is 55.0 cm³/mol. The summed E-state index contributed by atoms with van der Waals surface area (Å²) in [6.07, 6.45) is 1.29. The molecule has 15 heavy (non-hydrogen) atoms. The molecule has 0 saturated carbocycles.